The minimum absolute atomic E-state index is 0.214. The first kappa shape index (κ1) is 27.4. The van der Waals surface area contributed by atoms with Crippen molar-refractivity contribution in [3.63, 3.8) is 0 Å². The van der Waals surface area contributed by atoms with E-state index in [1.165, 1.54) is 109 Å². The van der Waals surface area contributed by atoms with Crippen LogP contribution < -0.4 is 16.4 Å². The molecule has 1 rings (SSSR count). The number of hydrogen-bond acceptors (Lipinski definition) is 6. The molecule has 6 heteroatoms. The van der Waals surface area contributed by atoms with Crippen LogP contribution in [0.25, 0.3) is 0 Å². The quantitative estimate of drug-likeness (QED) is 0.204. The van der Waals surface area contributed by atoms with Crippen molar-refractivity contribution in [2.75, 3.05) is 29.5 Å². The van der Waals surface area contributed by atoms with Crippen LogP contribution >= 0.6 is 0 Å². The fourth-order valence-electron chi connectivity index (χ4n) is 4.08. The minimum atomic E-state index is 0.214. The number of nitrogens with zero attached hydrogens (tertiary/aromatic N) is 4. The summed E-state index contributed by atoms with van der Waals surface area (Å²) in [7, 11) is 0. The Morgan fingerprint density at radius 1 is 0.484 bits per heavy atom. The van der Waals surface area contributed by atoms with Gasteiger partial charge in [-0.15, -0.1) is 0 Å². The molecule has 0 aliphatic heterocycles. The highest BCUT2D eigenvalue weighted by Gasteiger charge is 2.11. The van der Waals surface area contributed by atoms with Gasteiger partial charge in [0.15, 0.2) is 0 Å². The van der Waals surface area contributed by atoms with Crippen LogP contribution in [0.5, 0.6) is 0 Å². The van der Waals surface area contributed by atoms with E-state index in [0.717, 1.165) is 19.5 Å². The van der Waals surface area contributed by atoms with Crippen LogP contribution in [-0.4, -0.2) is 28.0 Å². The Kier molecular flexibility index (Phi) is 16.9. The summed E-state index contributed by atoms with van der Waals surface area (Å²) in [5.41, 5.74) is 11.6. The minimum Gasteiger partial charge on any atom is -0.368 e. The van der Waals surface area contributed by atoms with Gasteiger partial charge in [0.25, 0.3) is 0 Å². The largest absolute Gasteiger partial charge is 0.368 e. The van der Waals surface area contributed by atoms with Crippen LogP contribution in [-0.2, 0) is 0 Å². The van der Waals surface area contributed by atoms with E-state index in [1.54, 1.807) is 0 Å². The van der Waals surface area contributed by atoms with E-state index in [1.807, 2.05) is 0 Å². The highest BCUT2D eigenvalue weighted by Crippen LogP contribution is 2.16. The number of anilines is 3. The van der Waals surface area contributed by atoms with E-state index >= 15 is 0 Å². The molecular weight excluding hydrogens is 384 g/mol. The van der Waals surface area contributed by atoms with Gasteiger partial charge in [-0.2, -0.15) is 15.0 Å². The topological polar surface area (TPSA) is 94.0 Å². The lowest BCUT2D eigenvalue weighted by molar-refractivity contribution is 0.545. The Morgan fingerprint density at radius 2 is 0.806 bits per heavy atom. The van der Waals surface area contributed by atoms with Crippen molar-refractivity contribution in [2.24, 2.45) is 0 Å². The van der Waals surface area contributed by atoms with Crippen LogP contribution in [0.2, 0.25) is 0 Å². The lowest BCUT2D eigenvalue weighted by Crippen LogP contribution is -2.28. The maximum Gasteiger partial charge on any atom is 0.231 e. The summed E-state index contributed by atoms with van der Waals surface area (Å²) in [6.07, 6.45) is 23.9. The summed E-state index contributed by atoms with van der Waals surface area (Å²) < 4.78 is 0. The molecule has 0 spiro atoms. The van der Waals surface area contributed by atoms with E-state index < -0.39 is 0 Å². The second kappa shape index (κ2) is 19.1. The average Bonchev–Trinajstić information content (AvgIpc) is 2.74. The first-order valence-electron chi connectivity index (χ1n) is 13.2. The summed E-state index contributed by atoms with van der Waals surface area (Å²) >= 11 is 0. The van der Waals surface area contributed by atoms with E-state index in [9.17, 15) is 0 Å². The summed E-state index contributed by atoms with van der Waals surface area (Å²) in [6, 6.07) is 0. The molecule has 1 aromatic rings. The van der Waals surface area contributed by atoms with E-state index in [0.29, 0.717) is 5.95 Å². The van der Waals surface area contributed by atoms with Crippen molar-refractivity contribution in [3.05, 3.63) is 0 Å². The molecule has 0 saturated heterocycles. The highest BCUT2D eigenvalue weighted by atomic mass is 15.3. The predicted octanol–water partition coefficient (Wildman–Crippen LogP) is 6.90. The van der Waals surface area contributed by atoms with Crippen molar-refractivity contribution in [1.29, 1.82) is 0 Å². The smallest absolute Gasteiger partial charge is 0.231 e. The zero-order valence-electron chi connectivity index (χ0n) is 20.6. The Balaban J connectivity index is 2.29. The van der Waals surface area contributed by atoms with Crippen LogP contribution in [0.15, 0.2) is 0 Å². The molecule has 6 nitrogen and oxygen atoms in total. The first-order chi connectivity index (χ1) is 15.2. The SMILES string of the molecule is CCCCCCCCCCCCN(CCCCCCCCCC)c1nc(N)nc(N)n1. The molecule has 1 aromatic heterocycles. The monoisotopic (exact) mass is 434 g/mol. The molecule has 0 bridgehead atoms. The number of nitrogen functional groups attached to an aromatic ring is 2. The zero-order chi connectivity index (χ0) is 22.6. The Labute approximate surface area is 192 Å². The van der Waals surface area contributed by atoms with Crippen LogP contribution in [0.4, 0.5) is 17.8 Å². The van der Waals surface area contributed by atoms with Crippen LogP contribution in [0.3, 0.4) is 0 Å². The summed E-state index contributed by atoms with van der Waals surface area (Å²) in [5, 5.41) is 0. The molecule has 31 heavy (non-hydrogen) atoms. The highest BCUT2D eigenvalue weighted by molar-refractivity contribution is 5.39. The van der Waals surface area contributed by atoms with Crippen molar-refractivity contribution < 1.29 is 0 Å². The molecule has 0 atom stereocenters. The van der Waals surface area contributed by atoms with Gasteiger partial charge in [-0.1, -0.05) is 117 Å². The summed E-state index contributed by atoms with van der Waals surface area (Å²) in [4.78, 5) is 14.9. The van der Waals surface area contributed by atoms with Gasteiger partial charge in [-0.05, 0) is 12.8 Å². The molecule has 1 heterocycles. The van der Waals surface area contributed by atoms with Crippen molar-refractivity contribution >= 4 is 17.8 Å². The fraction of sp³-hybridized carbons (Fsp3) is 0.880. The lowest BCUT2D eigenvalue weighted by atomic mass is 10.1. The van der Waals surface area contributed by atoms with Gasteiger partial charge in [-0.3, -0.25) is 0 Å². The average molecular weight is 435 g/mol. The van der Waals surface area contributed by atoms with Gasteiger partial charge >= 0.3 is 0 Å². The fourth-order valence-corrected chi connectivity index (χ4v) is 4.08. The Hall–Kier alpha value is -1.59. The molecule has 0 amide bonds. The molecule has 0 fully saturated rings. The van der Waals surface area contributed by atoms with Gasteiger partial charge in [0.2, 0.25) is 17.8 Å². The number of nitrogens with two attached hydrogens (primary N) is 2. The second-order valence-electron chi connectivity index (χ2n) is 9.00. The van der Waals surface area contributed by atoms with Gasteiger partial charge < -0.3 is 16.4 Å². The molecular formula is C25H50N6. The maximum atomic E-state index is 5.82. The number of aromatic nitrogens is 3. The van der Waals surface area contributed by atoms with Gasteiger partial charge in [0.05, 0.1) is 0 Å². The van der Waals surface area contributed by atoms with Gasteiger partial charge in [-0.25, -0.2) is 0 Å². The number of rotatable bonds is 21. The standard InChI is InChI=1S/C25H50N6/c1-3-5-7-9-11-13-14-16-18-20-22-31(25-29-23(26)28-24(27)30-25)21-19-17-15-12-10-8-6-4-2/h3-22H2,1-2H3,(H4,26,27,28,29,30). The Morgan fingerprint density at radius 3 is 1.16 bits per heavy atom. The van der Waals surface area contributed by atoms with E-state index in [4.69, 9.17) is 11.5 Å². The lowest BCUT2D eigenvalue weighted by Gasteiger charge is -2.23. The normalized spacial score (nSPS) is 11.2. The van der Waals surface area contributed by atoms with Crippen molar-refractivity contribution in [1.82, 2.24) is 15.0 Å². The van der Waals surface area contributed by atoms with E-state index in [-0.39, 0.29) is 11.9 Å². The summed E-state index contributed by atoms with van der Waals surface area (Å²) in [6.45, 7) is 6.48. The maximum absolute atomic E-state index is 5.82. The zero-order valence-corrected chi connectivity index (χ0v) is 20.6. The van der Waals surface area contributed by atoms with E-state index in [2.05, 4.69) is 33.7 Å². The molecule has 0 aromatic carbocycles. The molecule has 0 aliphatic rings. The predicted molar refractivity (Wildman–Crippen MR) is 135 cm³/mol. The van der Waals surface area contributed by atoms with Gasteiger partial charge in [0, 0.05) is 13.1 Å². The first-order valence-corrected chi connectivity index (χ1v) is 13.2. The van der Waals surface area contributed by atoms with Gasteiger partial charge in [0.1, 0.15) is 0 Å². The van der Waals surface area contributed by atoms with Crippen LogP contribution in [0.1, 0.15) is 129 Å². The van der Waals surface area contributed by atoms with Crippen molar-refractivity contribution in [3.8, 4) is 0 Å². The molecule has 0 radical (unpaired) electrons. The third-order valence-corrected chi connectivity index (χ3v) is 6.00. The van der Waals surface area contributed by atoms with Crippen molar-refractivity contribution in [2.45, 2.75) is 129 Å². The molecule has 0 saturated carbocycles. The number of hydrogen-bond donors (Lipinski definition) is 2. The molecule has 0 unspecified atom stereocenters. The third kappa shape index (κ3) is 14.9. The molecule has 4 N–H and O–H groups in total. The van der Waals surface area contributed by atoms with Crippen LogP contribution in [0, 0.1) is 0 Å². The Bertz CT molecular complexity index is 516. The molecule has 0 aliphatic carbocycles. The second-order valence-corrected chi connectivity index (χ2v) is 9.00. The number of unbranched alkanes of at least 4 members (excludes halogenated alkanes) is 16. The third-order valence-electron chi connectivity index (χ3n) is 6.00. The summed E-state index contributed by atoms with van der Waals surface area (Å²) in [5.74, 6) is 1.07. The molecule has 180 valence electrons.